The average Bonchev–Trinajstić information content (AvgIpc) is 2.05. The van der Waals surface area contributed by atoms with Gasteiger partial charge >= 0.3 is 0 Å². The highest BCUT2D eigenvalue weighted by atomic mass is 14.4. The third kappa shape index (κ3) is 1.57. The van der Waals surface area contributed by atoms with Crippen LogP contribution in [0.4, 0.5) is 0 Å². The molecule has 1 aliphatic carbocycles. The van der Waals surface area contributed by atoms with E-state index in [1.165, 1.54) is 19.3 Å². The van der Waals surface area contributed by atoms with Crippen LogP contribution in [0, 0.1) is 17.3 Å². The zero-order chi connectivity index (χ0) is 9.19. The first-order valence-electron chi connectivity index (χ1n) is 5.24. The predicted molar refractivity (Wildman–Crippen MR) is 55.1 cm³/mol. The van der Waals surface area contributed by atoms with E-state index in [2.05, 4.69) is 39.8 Å². The zero-order valence-electron chi connectivity index (χ0n) is 8.93. The Morgan fingerprint density at radius 1 is 1.00 bits per heavy atom. The van der Waals surface area contributed by atoms with Gasteiger partial charge in [0.25, 0.3) is 0 Å². The van der Waals surface area contributed by atoms with E-state index in [9.17, 15) is 0 Å². The van der Waals surface area contributed by atoms with Crippen molar-refractivity contribution in [3.05, 3.63) is 12.2 Å². The number of hydrogen-bond donors (Lipinski definition) is 0. The third-order valence-electron chi connectivity index (χ3n) is 3.74. The molecule has 70 valence electrons. The third-order valence-corrected chi connectivity index (χ3v) is 3.74. The largest absolute Gasteiger partial charge is 0.0885 e. The van der Waals surface area contributed by atoms with Gasteiger partial charge in [0.2, 0.25) is 0 Å². The normalized spacial score (nSPS) is 22.2. The van der Waals surface area contributed by atoms with Gasteiger partial charge in [0.15, 0.2) is 0 Å². The summed E-state index contributed by atoms with van der Waals surface area (Å²) in [5.41, 5.74) is 0.592. The van der Waals surface area contributed by atoms with E-state index >= 15 is 0 Å². The molecular weight excluding hydrogens is 144 g/mol. The molecule has 0 aliphatic heterocycles. The van der Waals surface area contributed by atoms with Gasteiger partial charge in [0, 0.05) is 0 Å². The van der Waals surface area contributed by atoms with Crippen molar-refractivity contribution < 1.29 is 0 Å². The van der Waals surface area contributed by atoms with Gasteiger partial charge < -0.3 is 0 Å². The molecule has 0 fully saturated rings. The summed E-state index contributed by atoms with van der Waals surface area (Å²) in [6.07, 6.45) is 8.68. The molecule has 0 nitrogen and oxygen atoms in total. The molecule has 1 rings (SSSR count). The van der Waals surface area contributed by atoms with Crippen molar-refractivity contribution in [3.8, 4) is 0 Å². The molecule has 12 heavy (non-hydrogen) atoms. The predicted octanol–water partition coefficient (Wildman–Crippen LogP) is 4.02. The zero-order valence-corrected chi connectivity index (χ0v) is 8.93. The van der Waals surface area contributed by atoms with Crippen molar-refractivity contribution in [2.24, 2.45) is 17.3 Å². The van der Waals surface area contributed by atoms with Crippen LogP contribution in [-0.2, 0) is 0 Å². The summed E-state index contributed by atoms with van der Waals surface area (Å²) in [6, 6.07) is 0. The maximum Gasteiger partial charge on any atom is -0.0214 e. The molecule has 0 bridgehead atoms. The van der Waals surface area contributed by atoms with E-state index in [0.717, 1.165) is 11.8 Å². The molecule has 0 saturated heterocycles. The fourth-order valence-corrected chi connectivity index (χ4v) is 2.59. The summed E-state index contributed by atoms with van der Waals surface area (Å²) in [7, 11) is 0. The highest BCUT2D eigenvalue weighted by Gasteiger charge is 2.36. The summed E-state index contributed by atoms with van der Waals surface area (Å²) in [4.78, 5) is 0. The topological polar surface area (TPSA) is 0 Å². The summed E-state index contributed by atoms with van der Waals surface area (Å²) in [5, 5.41) is 0. The van der Waals surface area contributed by atoms with Crippen molar-refractivity contribution in [1.82, 2.24) is 0 Å². The van der Waals surface area contributed by atoms with Crippen molar-refractivity contribution in [3.63, 3.8) is 0 Å². The monoisotopic (exact) mass is 166 g/mol. The second-order valence-corrected chi connectivity index (χ2v) is 4.76. The Morgan fingerprint density at radius 3 is 1.83 bits per heavy atom. The van der Waals surface area contributed by atoms with Crippen LogP contribution >= 0.6 is 0 Å². The lowest BCUT2D eigenvalue weighted by molar-refractivity contribution is 0.0973. The van der Waals surface area contributed by atoms with Crippen LogP contribution in [0.1, 0.15) is 47.0 Å². The maximum atomic E-state index is 2.38. The maximum absolute atomic E-state index is 2.38. The van der Waals surface area contributed by atoms with Gasteiger partial charge in [0.05, 0.1) is 0 Å². The molecule has 0 heterocycles. The first-order valence-corrected chi connectivity index (χ1v) is 5.24. The summed E-state index contributed by atoms with van der Waals surface area (Å²) in [6.45, 7) is 9.50. The second-order valence-electron chi connectivity index (χ2n) is 4.76. The molecule has 0 aromatic heterocycles. The highest BCUT2D eigenvalue weighted by Crippen LogP contribution is 2.45. The molecule has 0 radical (unpaired) electrons. The minimum absolute atomic E-state index is 0.592. The highest BCUT2D eigenvalue weighted by molar-refractivity contribution is 5.00. The smallest absolute Gasteiger partial charge is 0.0214 e. The number of hydrogen-bond acceptors (Lipinski definition) is 0. The van der Waals surface area contributed by atoms with Gasteiger partial charge in [-0.05, 0) is 36.5 Å². The average molecular weight is 166 g/mol. The van der Waals surface area contributed by atoms with E-state index in [0.29, 0.717) is 5.41 Å². The standard InChI is InChI=1S/C12H22/c1-10(2)12(11(3)4)8-6-5-7-9-12/h5-6,10-11H,7-9H2,1-4H3. The first kappa shape index (κ1) is 9.83. The van der Waals surface area contributed by atoms with E-state index in [-0.39, 0.29) is 0 Å². The van der Waals surface area contributed by atoms with E-state index in [1.54, 1.807) is 0 Å². The number of rotatable bonds is 2. The summed E-state index contributed by atoms with van der Waals surface area (Å²) in [5.74, 6) is 1.64. The van der Waals surface area contributed by atoms with Crippen LogP contribution < -0.4 is 0 Å². The van der Waals surface area contributed by atoms with Crippen molar-refractivity contribution >= 4 is 0 Å². The molecule has 0 atom stereocenters. The Balaban J connectivity index is 2.79. The van der Waals surface area contributed by atoms with Gasteiger partial charge in [-0.2, -0.15) is 0 Å². The molecule has 1 aliphatic rings. The quantitative estimate of drug-likeness (QED) is 0.543. The molecule has 0 N–H and O–H groups in total. The molecule has 0 heteroatoms. The molecule has 0 saturated carbocycles. The Hall–Kier alpha value is -0.260. The Morgan fingerprint density at radius 2 is 1.58 bits per heavy atom. The van der Waals surface area contributed by atoms with Crippen LogP contribution in [0.5, 0.6) is 0 Å². The molecule has 0 spiro atoms. The molecule has 0 amide bonds. The lowest BCUT2D eigenvalue weighted by atomic mass is 9.62. The summed E-state index contributed by atoms with van der Waals surface area (Å²) < 4.78 is 0. The Kier molecular flexibility index (Phi) is 2.98. The van der Waals surface area contributed by atoms with E-state index < -0.39 is 0 Å². The minimum Gasteiger partial charge on any atom is -0.0885 e. The first-order chi connectivity index (χ1) is 5.59. The molecular formula is C12H22. The van der Waals surface area contributed by atoms with Crippen molar-refractivity contribution in [2.75, 3.05) is 0 Å². The minimum atomic E-state index is 0.592. The van der Waals surface area contributed by atoms with Gasteiger partial charge in [-0.1, -0.05) is 39.8 Å². The Bertz CT molecular complexity index is 155. The molecule has 0 aromatic carbocycles. The van der Waals surface area contributed by atoms with Crippen molar-refractivity contribution in [1.29, 1.82) is 0 Å². The van der Waals surface area contributed by atoms with Gasteiger partial charge in [-0.3, -0.25) is 0 Å². The van der Waals surface area contributed by atoms with E-state index in [4.69, 9.17) is 0 Å². The van der Waals surface area contributed by atoms with Crippen LogP contribution in [0.2, 0.25) is 0 Å². The van der Waals surface area contributed by atoms with Crippen LogP contribution in [0.3, 0.4) is 0 Å². The molecule has 0 unspecified atom stereocenters. The van der Waals surface area contributed by atoms with Crippen LogP contribution in [0.25, 0.3) is 0 Å². The van der Waals surface area contributed by atoms with Gasteiger partial charge in [0.1, 0.15) is 0 Å². The molecule has 0 aromatic rings. The van der Waals surface area contributed by atoms with Crippen LogP contribution in [-0.4, -0.2) is 0 Å². The number of allylic oxidation sites excluding steroid dienone is 2. The van der Waals surface area contributed by atoms with Gasteiger partial charge in [-0.15, -0.1) is 0 Å². The summed E-state index contributed by atoms with van der Waals surface area (Å²) >= 11 is 0. The second kappa shape index (κ2) is 3.64. The van der Waals surface area contributed by atoms with Gasteiger partial charge in [-0.25, -0.2) is 0 Å². The van der Waals surface area contributed by atoms with Crippen LogP contribution in [0.15, 0.2) is 12.2 Å². The Labute approximate surface area is 77.1 Å². The van der Waals surface area contributed by atoms with Crippen molar-refractivity contribution in [2.45, 2.75) is 47.0 Å². The van der Waals surface area contributed by atoms with E-state index in [1.807, 2.05) is 0 Å². The fourth-order valence-electron chi connectivity index (χ4n) is 2.59. The lowest BCUT2D eigenvalue weighted by Crippen LogP contribution is -2.33. The SMILES string of the molecule is CC(C)C1(C(C)C)CC=CCC1. The fraction of sp³-hybridized carbons (Fsp3) is 0.833. The lowest BCUT2D eigenvalue weighted by Gasteiger charge is -2.42.